The number of pyridine rings is 1. The van der Waals surface area contributed by atoms with Crippen LogP contribution >= 0.6 is 0 Å². The van der Waals surface area contributed by atoms with Crippen LogP contribution in [0.15, 0.2) is 46.7 Å². The first kappa shape index (κ1) is 16.0. The normalized spacial score (nSPS) is 20.0. The fourth-order valence-corrected chi connectivity index (χ4v) is 2.24. The predicted octanol–water partition coefficient (Wildman–Crippen LogP) is 4.28. The summed E-state index contributed by atoms with van der Waals surface area (Å²) in [5.41, 5.74) is -0.982. The van der Waals surface area contributed by atoms with Crippen LogP contribution in [0.3, 0.4) is 0 Å². The molecule has 0 bridgehead atoms. The van der Waals surface area contributed by atoms with Crippen LogP contribution in [0.5, 0.6) is 0 Å². The Hall–Kier alpha value is -1.92. The van der Waals surface area contributed by atoms with Crippen molar-refractivity contribution in [3.63, 3.8) is 0 Å². The topological polar surface area (TPSA) is 44.5 Å². The van der Waals surface area contributed by atoms with E-state index in [1.807, 2.05) is 45.9 Å². The smallest absolute Gasteiger partial charge is 0.455 e. The molecule has 0 unspecified atom stereocenters. The van der Waals surface area contributed by atoms with Crippen molar-refractivity contribution in [2.24, 2.45) is 0 Å². The van der Waals surface area contributed by atoms with E-state index in [1.54, 1.807) is 18.3 Å². The first-order chi connectivity index (χ1) is 10.8. The molecule has 3 heterocycles. The van der Waals surface area contributed by atoms with Gasteiger partial charge in [-0.15, -0.1) is 0 Å². The van der Waals surface area contributed by atoms with E-state index in [0.29, 0.717) is 17.2 Å². The van der Waals surface area contributed by atoms with Crippen LogP contribution < -0.4 is 0 Å². The third-order valence-corrected chi connectivity index (χ3v) is 4.30. The summed E-state index contributed by atoms with van der Waals surface area (Å²) in [7, 11) is -1.02. The largest absolute Gasteiger partial charge is 0.525 e. The van der Waals surface area contributed by atoms with Gasteiger partial charge in [0.05, 0.1) is 11.2 Å². The van der Waals surface area contributed by atoms with Gasteiger partial charge in [-0.05, 0) is 52.0 Å². The molecule has 120 valence electrons. The molecular weight excluding hydrogens is 296 g/mol. The molecular formula is C17H19BFNO3. The molecule has 0 atom stereocenters. The zero-order valence-electron chi connectivity index (χ0n) is 13.7. The Balaban J connectivity index is 1.79. The SMILES string of the molecule is CC1(C)OB(C(F)=Cc2ccc(-c3ccccn3)o2)OC1(C)C. The van der Waals surface area contributed by atoms with Gasteiger partial charge in [0.25, 0.3) is 0 Å². The van der Waals surface area contributed by atoms with Crippen molar-refractivity contribution in [3.05, 3.63) is 48.0 Å². The third kappa shape index (κ3) is 3.09. The Bertz CT molecular complexity index is 708. The highest BCUT2D eigenvalue weighted by molar-refractivity contribution is 6.54. The van der Waals surface area contributed by atoms with Crippen molar-refractivity contribution in [2.45, 2.75) is 38.9 Å². The molecule has 0 aliphatic carbocycles. The molecule has 4 nitrogen and oxygen atoms in total. The van der Waals surface area contributed by atoms with Crippen LogP contribution in [-0.2, 0) is 9.31 Å². The van der Waals surface area contributed by atoms with Gasteiger partial charge >= 0.3 is 7.12 Å². The Morgan fingerprint density at radius 3 is 2.39 bits per heavy atom. The highest BCUT2D eigenvalue weighted by Gasteiger charge is 2.53. The first-order valence-electron chi connectivity index (χ1n) is 7.52. The predicted molar refractivity (Wildman–Crippen MR) is 87.1 cm³/mol. The maximum absolute atomic E-state index is 14.4. The average Bonchev–Trinajstić information content (AvgIpc) is 3.03. The summed E-state index contributed by atoms with van der Waals surface area (Å²) in [5.74, 6) is 0.969. The van der Waals surface area contributed by atoms with Crippen LogP contribution in [0.1, 0.15) is 33.5 Å². The second-order valence-corrected chi connectivity index (χ2v) is 6.53. The van der Waals surface area contributed by atoms with Crippen LogP contribution in [0.4, 0.5) is 4.39 Å². The monoisotopic (exact) mass is 315 g/mol. The molecule has 23 heavy (non-hydrogen) atoms. The van der Waals surface area contributed by atoms with Crippen molar-refractivity contribution in [1.29, 1.82) is 0 Å². The van der Waals surface area contributed by atoms with Gasteiger partial charge in [-0.2, -0.15) is 0 Å². The Kier molecular flexibility index (Phi) is 3.90. The van der Waals surface area contributed by atoms with Crippen LogP contribution in [0, 0.1) is 0 Å². The highest BCUT2D eigenvalue weighted by atomic mass is 19.1. The molecule has 0 amide bonds. The van der Waals surface area contributed by atoms with E-state index in [1.165, 1.54) is 6.08 Å². The molecule has 1 aliphatic rings. The van der Waals surface area contributed by atoms with Gasteiger partial charge in [0.15, 0.2) is 5.76 Å². The summed E-state index contributed by atoms with van der Waals surface area (Å²) in [5, 5.41) is 0. The van der Waals surface area contributed by atoms with Crippen molar-refractivity contribution < 1.29 is 18.1 Å². The molecule has 6 heteroatoms. The van der Waals surface area contributed by atoms with Crippen LogP contribution in [-0.4, -0.2) is 23.3 Å². The van der Waals surface area contributed by atoms with Crippen LogP contribution in [0.25, 0.3) is 17.5 Å². The molecule has 0 N–H and O–H groups in total. The summed E-state index contributed by atoms with van der Waals surface area (Å²) in [6.07, 6.45) is 2.97. The van der Waals surface area contributed by atoms with Crippen molar-refractivity contribution in [1.82, 2.24) is 4.98 Å². The zero-order chi connectivity index (χ0) is 16.7. The summed E-state index contributed by atoms with van der Waals surface area (Å²) < 4.78 is 31.4. The van der Waals surface area contributed by atoms with E-state index >= 15 is 0 Å². The van der Waals surface area contributed by atoms with E-state index in [0.717, 1.165) is 0 Å². The van der Waals surface area contributed by atoms with E-state index < -0.39 is 24.0 Å². The zero-order valence-corrected chi connectivity index (χ0v) is 13.7. The fraction of sp³-hybridized carbons (Fsp3) is 0.353. The molecule has 1 aliphatic heterocycles. The number of aromatic nitrogens is 1. The van der Waals surface area contributed by atoms with Gasteiger partial charge in [-0.1, -0.05) is 6.07 Å². The standard InChI is InChI=1S/C17H19BFNO3/c1-16(2)17(3,4)23-18(22-16)15(19)11-12-8-9-14(21-12)13-7-5-6-10-20-13/h5-11H,1-4H3. The van der Waals surface area contributed by atoms with Gasteiger partial charge in [-0.3, -0.25) is 4.98 Å². The molecule has 1 saturated heterocycles. The number of nitrogens with zero attached hydrogens (tertiary/aromatic N) is 1. The maximum atomic E-state index is 14.4. The average molecular weight is 315 g/mol. The molecule has 3 rings (SSSR count). The lowest BCUT2D eigenvalue weighted by atomic mass is 9.87. The minimum Gasteiger partial charge on any atom is -0.455 e. The maximum Gasteiger partial charge on any atom is 0.525 e. The van der Waals surface area contributed by atoms with Gasteiger partial charge in [-0.25, -0.2) is 4.39 Å². The number of furan rings is 1. The third-order valence-electron chi connectivity index (χ3n) is 4.30. The summed E-state index contributed by atoms with van der Waals surface area (Å²) in [4.78, 5) is 4.20. The lowest BCUT2D eigenvalue weighted by molar-refractivity contribution is 0.00578. The lowest BCUT2D eigenvalue weighted by Crippen LogP contribution is -2.41. The number of halogens is 1. The molecule has 0 aromatic carbocycles. The Morgan fingerprint density at radius 2 is 1.78 bits per heavy atom. The Morgan fingerprint density at radius 1 is 1.09 bits per heavy atom. The van der Waals surface area contributed by atoms with Gasteiger partial charge in [0, 0.05) is 12.3 Å². The number of rotatable bonds is 3. The number of hydrogen-bond donors (Lipinski definition) is 0. The van der Waals surface area contributed by atoms with Gasteiger partial charge < -0.3 is 13.7 Å². The van der Waals surface area contributed by atoms with Crippen molar-refractivity contribution in [3.8, 4) is 11.5 Å². The van der Waals surface area contributed by atoms with Crippen molar-refractivity contribution >= 4 is 13.2 Å². The lowest BCUT2D eigenvalue weighted by Gasteiger charge is -2.32. The first-order valence-corrected chi connectivity index (χ1v) is 7.52. The fourth-order valence-electron chi connectivity index (χ4n) is 2.24. The van der Waals surface area contributed by atoms with E-state index in [2.05, 4.69) is 4.98 Å². The molecule has 0 spiro atoms. The van der Waals surface area contributed by atoms with Gasteiger partial charge in [0.1, 0.15) is 17.2 Å². The highest BCUT2D eigenvalue weighted by Crippen LogP contribution is 2.39. The molecule has 0 saturated carbocycles. The minimum absolute atomic E-state index is 0.387. The molecule has 2 aromatic rings. The minimum atomic E-state index is -1.02. The quantitative estimate of drug-likeness (QED) is 0.793. The molecule has 0 radical (unpaired) electrons. The summed E-state index contributed by atoms with van der Waals surface area (Å²) >= 11 is 0. The van der Waals surface area contributed by atoms with E-state index in [9.17, 15) is 4.39 Å². The molecule has 1 fully saturated rings. The summed E-state index contributed by atoms with van der Waals surface area (Å²) in [6, 6.07) is 8.97. The van der Waals surface area contributed by atoms with E-state index in [4.69, 9.17) is 13.7 Å². The van der Waals surface area contributed by atoms with Gasteiger partial charge in [0.2, 0.25) is 0 Å². The second-order valence-electron chi connectivity index (χ2n) is 6.53. The van der Waals surface area contributed by atoms with E-state index in [-0.39, 0.29) is 0 Å². The van der Waals surface area contributed by atoms with Crippen LogP contribution in [0.2, 0.25) is 0 Å². The summed E-state index contributed by atoms with van der Waals surface area (Å²) in [6.45, 7) is 7.53. The van der Waals surface area contributed by atoms with Crippen molar-refractivity contribution in [2.75, 3.05) is 0 Å². The molecule has 2 aromatic heterocycles. The second kappa shape index (κ2) is 5.62. The Labute approximate surface area is 135 Å². The number of hydrogen-bond acceptors (Lipinski definition) is 4.